The van der Waals surface area contributed by atoms with Gasteiger partial charge in [-0.3, -0.25) is 14.5 Å². The summed E-state index contributed by atoms with van der Waals surface area (Å²) >= 11 is 2.52. The van der Waals surface area contributed by atoms with Gasteiger partial charge in [-0.05, 0) is 36.9 Å². The standard InChI is InChI=1S/C12H9NO2S2/c1-3-6-13-11(14)10(17-12(13)15)7-9-5-4-8(2)16-9/h1,4-5,7H,6H2,2H3/b10-7+. The number of hydrogen-bond acceptors (Lipinski definition) is 4. The van der Waals surface area contributed by atoms with E-state index in [2.05, 4.69) is 5.92 Å². The number of carbonyl (C=O) groups excluding carboxylic acids is 2. The van der Waals surface area contributed by atoms with Gasteiger partial charge in [0.25, 0.3) is 11.1 Å². The van der Waals surface area contributed by atoms with E-state index in [-0.39, 0.29) is 17.7 Å². The summed E-state index contributed by atoms with van der Waals surface area (Å²) in [6.07, 6.45) is 6.85. The molecule has 0 unspecified atom stereocenters. The number of hydrogen-bond donors (Lipinski definition) is 0. The van der Waals surface area contributed by atoms with E-state index in [0.717, 1.165) is 21.5 Å². The van der Waals surface area contributed by atoms with Gasteiger partial charge in [-0.25, -0.2) is 0 Å². The lowest BCUT2D eigenvalue weighted by molar-refractivity contribution is -0.122. The summed E-state index contributed by atoms with van der Waals surface area (Å²) in [6, 6.07) is 3.90. The Hall–Kier alpha value is -1.51. The van der Waals surface area contributed by atoms with Gasteiger partial charge < -0.3 is 0 Å². The highest BCUT2D eigenvalue weighted by molar-refractivity contribution is 8.18. The molecule has 1 aromatic heterocycles. The predicted molar refractivity (Wildman–Crippen MR) is 70.6 cm³/mol. The summed E-state index contributed by atoms with van der Waals surface area (Å²) in [6.45, 7) is 2.03. The summed E-state index contributed by atoms with van der Waals surface area (Å²) in [4.78, 5) is 27.0. The molecule has 0 atom stereocenters. The van der Waals surface area contributed by atoms with Gasteiger partial charge in [0.2, 0.25) is 0 Å². The highest BCUT2D eigenvalue weighted by Gasteiger charge is 2.34. The Balaban J connectivity index is 2.25. The number of terminal acetylenes is 1. The molecule has 3 nitrogen and oxygen atoms in total. The van der Waals surface area contributed by atoms with Crippen LogP contribution in [0, 0.1) is 19.3 Å². The first kappa shape index (κ1) is 12.0. The van der Waals surface area contributed by atoms with E-state index >= 15 is 0 Å². The number of carbonyl (C=O) groups is 2. The van der Waals surface area contributed by atoms with Crippen molar-refractivity contribution in [3.05, 3.63) is 26.8 Å². The van der Waals surface area contributed by atoms with Crippen LogP contribution in [0.2, 0.25) is 0 Å². The highest BCUT2D eigenvalue weighted by atomic mass is 32.2. The van der Waals surface area contributed by atoms with E-state index < -0.39 is 0 Å². The summed E-state index contributed by atoms with van der Waals surface area (Å²) in [7, 11) is 0. The maximum atomic E-state index is 11.8. The molecule has 0 aliphatic carbocycles. The van der Waals surface area contributed by atoms with Crippen molar-refractivity contribution in [1.82, 2.24) is 4.90 Å². The van der Waals surface area contributed by atoms with Crippen LogP contribution in [0.3, 0.4) is 0 Å². The molecule has 5 heteroatoms. The van der Waals surface area contributed by atoms with E-state index in [1.54, 1.807) is 17.4 Å². The van der Waals surface area contributed by atoms with E-state index in [9.17, 15) is 9.59 Å². The number of thiophene rings is 1. The highest BCUT2D eigenvalue weighted by Crippen LogP contribution is 2.33. The quantitative estimate of drug-likeness (QED) is 0.608. The number of imide groups is 1. The number of nitrogens with zero attached hydrogens (tertiary/aromatic N) is 1. The average molecular weight is 263 g/mol. The fraction of sp³-hybridized carbons (Fsp3) is 0.167. The third kappa shape index (κ3) is 2.43. The lowest BCUT2D eigenvalue weighted by Gasteiger charge is -2.06. The van der Waals surface area contributed by atoms with E-state index in [0.29, 0.717) is 4.91 Å². The fourth-order valence-corrected chi connectivity index (χ4v) is 3.11. The Morgan fingerprint density at radius 2 is 2.24 bits per heavy atom. The molecule has 1 aliphatic heterocycles. The van der Waals surface area contributed by atoms with Gasteiger partial charge in [0.15, 0.2) is 0 Å². The Bertz CT molecular complexity index is 551. The number of aryl methyl sites for hydroxylation is 1. The molecule has 0 spiro atoms. The topological polar surface area (TPSA) is 37.4 Å². The smallest absolute Gasteiger partial charge is 0.268 e. The van der Waals surface area contributed by atoms with Gasteiger partial charge in [0.05, 0.1) is 11.4 Å². The molecule has 2 rings (SSSR count). The van der Waals surface area contributed by atoms with Crippen molar-refractivity contribution in [2.24, 2.45) is 0 Å². The van der Waals surface area contributed by atoms with Crippen LogP contribution >= 0.6 is 23.1 Å². The molecule has 0 saturated carbocycles. The zero-order valence-corrected chi connectivity index (χ0v) is 10.7. The van der Waals surface area contributed by atoms with Gasteiger partial charge in [-0.1, -0.05) is 5.92 Å². The first-order valence-electron chi connectivity index (χ1n) is 4.87. The molecular formula is C12H9NO2S2. The van der Waals surface area contributed by atoms with Crippen molar-refractivity contribution in [2.45, 2.75) is 6.92 Å². The fourth-order valence-electron chi connectivity index (χ4n) is 1.39. The molecular weight excluding hydrogens is 254 g/mol. The van der Waals surface area contributed by atoms with Gasteiger partial charge in [0.1, 0.15) is 0 Å². The third-order valence-corrected chi connectivity index (χ3v) is 4.01. The van der Waals surface area contributed by atoms with Crippen molar-refractivity contribution in [3.63, 3.8) is 0 Å². The summed E-state index contributed by atoms with van der Waals surface area (Å²) in [5.41, 5.74) is 0. The van der Waals surface area contributed by atoms with Crippen molar-refractivity contribution >= 4 is 40.3 Å². The van der Waals surface area contributed by atoms with Crippen molar-refractivity contribution in [1.29, 1.82) is 0 Å². The van der Waals surface area contributed by atoms with E-state index in [1.807, 2.05) is 19.1 Å². The number of thioether (sulfide) groups is 1. The van der Waals surface area contributed by atoms with Crippen molar-refractivity contribution < 1.29 is 9.59 Å². The predicted octanol–water partition coefficient (Wildman–Crippen LogP) is 2.73. The van der Waals surface area contributed by atoms with Crippen molar-refractivity contribution in [2.75, 3.05) is 6.54 Å². The van der Waals surface area contributed by atoms with E-state index in [4.69, 9.17) is 6.42 Å². The summed E-state index contributed by atoms with van der Waals surface area (Å²) < 4.78 is 0. The minimum Gasteiger partial charge on any atom is -0.268 e. The Morgan fingerprint density at radius 1 is 1.47 bits per heavy atom. The molecule has 0 radical (unpaired) electrons. The Labute approximate surface area is 108 Å². The van der Waals surface area contributed by atoms with Crippen molar-refractivity contribution in [3.8, 4) is 12.3 Å². The second-order valence-corrected chi connectivity index (χ2v) is 5.73. The summed E-state index contributed by atoms with van der Waals surface area (Å²) in [5.74, 6) is 2.00. The van der Waals surface area contributed by atoms with Crippen LogP contribution in [-0.4, -0.2) is 22.6 Å². The monoisotopic (exact) mass is 263 g/mol. The van der Waals surface area contributed by atoms with Crippen LogP contribution < -0.4 is 0 Å². The molecule has 1 saturated heterocycles. The SMILES string of the molecule is C#CCN1C(=O)S/C(=C/c2ccc(C)s2)C1=O. The van der Waals surface area contributed by atoms with Gasteiger partial charge in [-0.15, -0.1) is 17.8 Å². The van der Waals surface area contributed by atoms with Crippen LogP contribution in [0.4, 0.5) is 4.79 Å². The molecule has 17 heavy (non-hydrogen) atoms. The molecule has 0 N–H and O–H groups in total. The van der Waals surface area contributed by atoms with Crippen LogP contribution in [0.25, 0.3) is 6.08 Å². The molecule has 1 aromatic rings. The molecule has 1 aliphatic rings. The minimum absolute atomic E-state index is 0.0332. The second-order valence-electron chi connectivity index (χ2n) is 3.42. The third-order valence-electron chi connectivity index (χ3n) is 2.16. The van der Waals surface area contributed by atoms with Gasteiger partial charge in [-0.2, -0.15) is 0 Å². The lowest BCUT2D eigenvalue weighted by Crippen LogP contribution is -2.28. The zero-order valence-electron chi connectivity index (χ0n) is 9.10. The minimum atomic E-state index is -0.302. The second kappa shape index (κ2) is 4.78. The van der Waals surface area contributed by atoms with Gasteiger partial charge >= 0.3 is 0 Å². The van der Waals surface area contributed by atoms with Crippen LogP contribution in [0.1, 0.15) is 9.75 Å². The van der Waals surface area contributed by atoms with Crippen LogP contribution in [0.5, 0.6) is 0 Å². The van der Waals surface area contributed by atoms with E-state index in [1.165, 1.54) is 4.88 Å². The molecule has 2 amide bonds. The maximum Gasteiger partial charge on any atom is 0.294 e. The Kier molecular flexibility index (Phi) is 3.36. The Morgan fingerprint density at radius 3 is 2.82 bits per heavy atom. The number of amides is 2. The average Bonchev–Trinajstić information content (AvgIpc) is 2.79. The van der Waals surface area contributed by atoms with Gasteiger partial charge in [0, 0.05) is 9.75 Å². The molecule has 1 fully saturated rings. The van der Waals surface area contributed by atoms with Crippen LogP contribution in [-0.2, 0) is 4.79 Å². The molecule has 0 bridgehead atoms. The number of rotatable bonds is 2. The summed E-state index contributed by atoms with van der Waals surface area (Å²) in [5, 5.41) is -0.299. The maximum absolute atomic E-state index is 11.8. The zero-order chi connectivity index (χ0) is 12.4. The van der Waals surface area contributed by atoms with Crippen LogP contribution in [0.15, 0.2) is 17.0 Å². The molecule has 86 valence electrons. The largest absolute Gasteiger partial charge is 0.294 e. The first-order chi connectivity index (χ1) is 8.11. The normalized spacial score (nSPS) is 17.9. The molecule has 2 heterocycles. The first-order valence-corrected chi connectivity index (χ1v) is 6.50. The molecule has 0 aromatic carbocycles. The lowest BCUT2D eigenvalue weighted by atomic mass is 10.3.